The molecule has 1 aliphatic rings. The first-order valence-corrected chi connectivity index (χ1v) is 7.69. The van der Waals surface area contributed by atoms with Crippen LogP contribution in [0.2, 0.25) is 0 Å². The molecule has 1 atom stereocenters. The number of rotatable bonds is 3. The van der Waals surface area contributed by atoms with Crippen LogP contribution in [0.25, 0.3) is 0 Å². The maximum atomic E-state index is 12.0. The third-order valence-corrected chi connectivity index (χ3v) is 4.71. The quantitative estimate of drug-likeness (QED) is 0.912. The minimum absolute atomic E-state index is 0.114. The lowest BCUT2D eigenvalue weighted by atomic mass is 9.79. The van der Waals surface area contributed by atoms with Crippen LogP contribution >= 0.6 is 11.3 Å². The molecule has 20 heavy (non-hydrogen) atoms. The molecule has 104 valence electrons. The number of thiophene rings is 1. The van der Waals surface area contributed by atoms with E-state index in [0.29, 0.717) is 11.3 Å². The number of aliphatic hydroxyl groups is 1. The van der Waals surface area contributed by atoms with Gasteiger partial charge in [-0.1, -0.05) is 30.3 Å². The van der Waals surface area contributed by atoms with E-state index in [1.54, 1.807) is 6.07 Å². The number of aryl methyl sites for hydroxylation is 1. The Hall–Kier alpha value is -1.65. The van der Waals surface area contributed by atoms with Gasteiger partial charge < -0.3 is 10.4 Å². The fourth-order valence-corrected chi connectivity index (χ4v) is 3.44. The van der Waals surface area contributed by atoms with Crippen molar-refractivity contribution in [1.29, 1.82) is 0 Å². The van der Waals surface area contributed by atoms with Gasteiger partial charge in [-0.2, -0.15) is 0 Å². The number of carbonyl (C=O) groups is 1. The molecule has 0 saturated carbocycles. The molecule has 0 spiro atoms. The Morgan fingerprint density at radius 3 is 2.95 bits per heavy atom. The number of hydrogen-bond donors (Lipinski definition) is 2. The lowest BCUT2D eigenvalue weighted by Crippen LogP contribution is -2.42. The highest BCUT2D eigenvalue weighted by atomic mass is 32.1. The van der Waals surface area contributed by atoms with Crippen molar-refractivity contribution in [3.63, 3.8) is 0 Å². The van der Waals surface area contributed by atoms with Gasteiger partial charge in [0.2, 0.25) is 0 Å². The van der Waals surface area contributed by atoms with E-state index in [-0.39, 0.29) is 12.5 Å². The fraction of sp³-hybridized carbons (Fsp3) is 0.312. The van der Waals surface area contributed by atoms with E-state index in [9.17, 15) is 9.90 Å². The predicted molar refractivity (Wildman–Crippen MR) is 79.9 cm³/mol. The molecule has 0 unspecified atom stereocenters. The van der Waals surface area contributed by atoms with Crippen molar-refractivity contribution in [2.75, 3.05) is 6.54 Å². The Balaban J connectivity index is 1.76. The van der Waals surface area contributed by atoms with Crippen LogP contribution < -0.4 is 5.32 Å². The summed E-state index contributed by atoms with van der Waals surface area (Å²) in [4.78, 5) is 12.7. The third kappa shape index (κ3) is 2.49. The second kappa shape index (κ2) is 5.38. The fourth-order valence-electron chi connectivity index (χ4n) is 2.80. The van der Waals surface area contributed by atoms with E-state index < -0.39 is 5.60 Å². The SMILES string of the molecule is O=C(NC[C@]1(O)CCCc2ccccc21)c1cccs1. The first kappa shape index (κ1) is 13.3. The second-order valence-corrected chi connectivity index (χ2v) is 6.15. The number of hydrogen-bond acceptors (Lipinski definition) is 3. The van der Waals surface area contributed by atoms with E-state index in [1.165, 1.54) is 16.9 Å². The molecule has 0 saturated heterocycles. The van der Waals surface area contributed by atoms with Gasteiger partial charge in [0, 0.05) is 0 Å². The van der Waals surface area contributed by atoms with Crippen LogP contribution in [0, 0.1) is 0 Å². The van der Waals surface area contributed by atoms with Gasteiger partial charge in [0.15, 0.2) is 0 Å². The predicted octanol–water partition coefficient (Wildman–Crippen LogP) is 2.70. The summed E-state index contributed by atoms with van der Waals surface area (Å²) in [5, 5.41) is 15.6. The highest BCUT2D eigenvalue weighted by Crippen LogP contribution is 2.34. The first-order chi connectivity index (χ1) is 9.69. The van der Waals surface area contributed by atoms with Gasteiger partial charge in [0.1, 0.15) is 5.60 Å². The van der Waals surface area contributed by atoms with Crippen LogP contribution in [0.15, 0.2) is 41.8 Å². The van der Waals surface area contributed by atoms with E-state index in [1.807, 2.05) is 29.6 Å². The van der Waals surface area contributed by atoms with Gasteiger partial charge in [-0.3, -0.25) is 4.79 Å². The molecule has 1 aliphatic carbocycles. The van der Waals surface area contributed by atoms with Crippen molar-refractivity contribution < 1.29 is 9.90 Å². The van der Waals surface area contributed by atoms with Crippen molar-refractivity contribution in [3.05, 3.63) is 57.8 Å². The van der Waals surface area contributed by atoms with Gasteiger partial charge >= 0.3 is 0 Å². The van der Waals surface area contributed by atoms with Gasteiger partial charge in [0.25, 0.3) is 5.91 Å². The van der Waals surface area contributed by atoms with Crippen molar-refractivity contribution in [1.82, 2.24) is 5.32 Å². The van der Waals surface area contributed by atoms with Gasteiger partial charge in [-0.15, -0.1) is 11.3 Å². The van der Waals surface area contributed by atoms with E-state index in [0.717, 1.165) is 18.4 Å². The zero-order chi connectivity index (χ0) is 14.0. The van der Waals surface area contributed by atoms with E-state index in [4.69, 9.17) is 0 Å². The van der Waals surface area contributed by atoms with Crippen molar-refractivity contribution in [2.24, 2.45) is 0 Å². The summed E-state index contributed by atoms with van der Waals surface area (Å²) in [6, 6.07) is 11.6. The first-order valence-electron chi connectivity index (χ1n) is 6.81. The average Bonchev–Trinajstić information content (AvgIpc) is 3.00. The molecular weight excluding hydrogens is 270 g/mol. The smallest absolute Gasteiger partial charge is 0.261 e. The van der Waals surface area contributed by atoms with Crippen LogP contribution in [-0.4, -0.2) is 17.6 Å². The third-order valence-electron chi connectivity index (χ3n) is 3.84. The van der Waals surface area contributed by atoms with Crippen LogP contribution in [0.1, 0.15) is 33.6 Å². The van der Waals surface area contributed by atoms with Crippen LogP contribution in [0.5, 0.6) is 0 Å². The number of benzene rings is 1. The molecule has 0 bridgehead atoms. The maximum Gasteiger partial charge on any atom is 0.261 e. The molecule has 0 aliphatic heterocycles. The summed E-state index contributed by atoms with van der Waals surface area (Å²) in [5.41, 5.74) is 1.20. The summed E-state index contributed by atoms with van der Waals surface area (Å²) in [7, 11) is 0. The Labute approximate surface area is 122 Å². The minimum Gasteiger partial charge on any atom is -0.383 e. The largest absolute Gasteiger partial charge is 0.383 e. The summed E-state index contributed by atoms with van der Waals surface area (Å²) < 4.78 is 0. The van der Waals surface area contributed by atoms with Gasteiger partial charge in [-0.05, 0) is 41.8 Å². The monoisotopic (exact) mass is 287 g/mol. The molecule has 0 radical (unpaired) electrons. The summed E-state index contributed by atoms with van der Waals surface area (Å²) in [6.07, 6.45) is 2.63. The maximum absolute atomic E-state index is 12.0. The van der Waals surface area contributed by atoms with Crippen molar-refractivity contribution in [2.45, 2.75) is 24.9 Å². The van der Waals surface area contributed by atoms with Crippen LogP contribution in [0.4, 0.5) is 0 Å². The Kier molecular flexibility index (Phi) is 3.59. The summed E-state index contributed by atoms with van der Waals surface area (Å²) >= 11 is 1.41. The normalized spacial score (nSPS) is 21.2. The molecule has 2 aromatic rings. The van der Waals surface area contributed by atoms with E-state index in [2.05, 4.69) is 11.4 Å². The second-order valence-electron chi connectivity index (χ2n) is 5.20. The summed E-state index contributed by atoms with van der Waals surface area (Å²) in [6.45, 7) is 0.265. The van der Waals surface area contributed by atoms with Gasteiger partial charge in [0.05, 0.1) is 11.4 Å². The highest BCUT2D eigenvalue weighted by molar-refractivity contribution is 7.12. The van der Waals surface area contributed by atoms with Crippen LogP contribution in [-0.2, 0) is 12.0 Å². The molecule has 1 heterocycles. The zero-order valence-corrected chi connectivity index (χ0v) is 12.0. The highest BCUT2D eigenvalue weighted by Gasteiger charge is 2.34. The van der Waals surface area contributed by atoms with Crippen LogP contribution in [0.3, 0.4) is 0 Å². The molecule has 2 N–H and O–H groups in total. The van der Waals surface area contributed by atoms with Crippen molar-refractivity contribution in [3.8, 4) is 0 Å². The average molecular weight is 287 g/mol. The minimum atomic E-state index is -0.943. The zero-order valence-electron chi connectivity index (χ0n) is 11.1. The molecule has 1 amide bonds. The lowest BCUT2D eigenvalue weighted by molar-refractivity contribution is 0.0190. The Morgan fingerprint density at radius 2 is 2.15 bits per heavy atom. The topological polar surface area (TPSA) is 49.3 Å². The van der Waals surface area contributed by atoms with E-state index >= 15 is 0 Å². The van der Waals surface area contributed by atoms with Gasteiger partial charge in [-0.25, -0.2) is 0 Å². The number of amides is 1. The Bertz CT molecular complexity index is 609. The number of carbonyl (C=O) groups excluding carboxylic acids is 1. The molecule has 3 nitrogen and oxygen atoms in total. The number of fused-ring (bicyclic) bond motifs is 1. The molecule has 4 heteroatoms. The molecule has 0 fully saturated rings. The Morgan fingerprint density at radius 1 is 1.30 bits per heavy atom. The molecule has 3 rings (SSSR count). The number of nitrogens with one attached hydrogen (secondary N) is 1. The molecule has 1 aromatic heterocycles. The van der Waals surface area contributed by atoms with Crippen molar-refractivity contribution >= 4 is 17.2 Å². The summed E-state index contributed by atoms with van der Waals surface area (Å²) in [5.74, 6) is -0.114. The molecule has 1 aromatic carbocycles. The standard InChI is InChI=1S/C16H17NO2S/c18-15(14-8-4-10-20-14)17-11-16(19)9-3-6-12-5-1-2-7-13(12)16/h1-2,4-5,7-8,10,19H,3,6,9,11H2,(H,17,18)/t16-/m1/s1. The lowest BCUT2D eigenvalue weighted by Gasteiger charge is -2.34. The molecular formula is C16H17NO2S.